The Morgan fingerprint density at radius 3 is 2.52 bits per heavy atom. The molecular weight excluding hydrogens is 306 g/mol. The lowest BCUT2D eigenvalue weighted by atomic mass is 10.2. The summed E-state index contributed by atoms with van der Waals surface area (Å²) < 4.78 is 7.93. The van der Waals surface area contributed by atoms with Crippen LogP contribution in [0.3, 0.4) is 0 Å². The Morgan fingerprint density at radius 2 is 2.00 bits per heavy atom. The second kappa shape index (κ2) is 6.55. The van der Waals surface area contributed by atoms with Crippen molar-refractivity contribution in [2.24, 2.45) is 0 Å². The van der Waals surface area contributed by atoms with Gasteiger partial charge in [-0.05, 0) is 43.3 Å². The molecule has 5 nitrogen and oxygen atoms in total. The van der Waals surface area contributed by atoms with Gasteiger partial charge >= 0.3 is 0 Å². The second-order valence-corrected chi connectivity index (χ2v) is 12.2. The third kappa shape index (κ3) is 4.07. The number of aromatic nitrogens is 3. The van der Waals surface area contributed by atoms with Crippen LogP contribution >= 0.6 is 0 Å². The number of pyridine rings is 1. The van der Waals surface area contributed by atoms with E-state index in [9.17, 15) is 5.11 Å². The zero-order valence-electron chi connectivity index (χ0n) is 14.9. The molecule has 126 valence electrons. The van der Waals surface area contributed by atoms with Crippen LogP contribution < -0.4 is 0 Å². The maximum atomic E-state index is 10.0. The Morgan fingerprint density at radius 1 is 1.30 bits per heavy atom. The first kappa shape index (κ1) is 17.8. The fourth-order valence-electron chi connectivity index (χ4n) is 1.97. The van der Waals surface area contributed by atoms with Gasteiger partial charge in [-0.15, -0.1) is 0 Å². The molecule has 0 aliphatic carbocycles. The summed E-state index contributed by atoms with van der Waals surface area (Å²) in [6.07, 6.45) is 2.89. The zero-order chi connectivity index (χ0) is 17.3. The molecule has 0 spiro atoms. The van der Waals surface area contributed by atoms with E-state index in [-0.39, 0.29) is 5.04 Å². The smallest absolute Gasteiger partial charge is 0.192 e. The van der Waals surface area contributed by atoms with Gasteiger partial charge in [0.25, 0.3) is 0 Å². The van der Waals surface area contributed by atoms with Gasteiger partial charge in [-0.3, -0.25) is 4.98 Å². The van der Waals surface area contributed by atoms with Crippen LogP contribution in [0.25, 0.3) is 5.69 Å². The summed E-state index contributed by atoms with van der Waals surface area (Å²) in [6.45, 7) is 13.3. The normalized spacial score (nSPS) is 14.0. The van der Waals surface area contributed by atoms with E-state index in [2.05, 4.69) is 43.9 Å². The van der Waals surface area contributed by atoms with E-state index in [1.807, 2.05) is 24.4 Å². The summed E-state index contributed by atoms with van der Waals surface area (Å²) >= 11 is 0. The summed E-state index contributed by atoms with van der Waals surface area (Å²) in [5.74, 6) is 0. The molecule has 0 unspecified atom stereocenters. The lowest BCUT2D eigenvalue weighted by Crippen LogP contribution is -2.40. The third-order valence-corrected chi connectivity index (χ3v) is 8.97. The van der Waals surface area contributed by atoms with E-state index in [1.165, 1.54) is 0 Å². The Labute approximate surface area is 139 Å². The van der Waals surface area contributed by atoms with Crippen LogP contribution in [0.15, 0.2) is 30.6 Å². The second-order valence-electron chi connectivity index (χ2n) is 7.38. The molecule has 0 saturated carbocycles. The highest BCUT2D eigenvalue weighted by Gasteiger charge is 2.37. The molecule has 0 aliphatic rings. The molecule has 0 aromatic carbocycles. The first-order valence-electron chi connectivity index (χ1n) is 7.94. The number of aliphatic hydroxyl groups is 1. The van der Waals surface area contributed by atoms with Crippen LogP contribution in [0.2, 0.25) is 18.1 Å². The van der Waals surface area contributed by atoms with Crippen LogP contribution in [-0.2, 0) is 11.0 Å². The number of aliphatic hydroxyl groups excluding tert-OH is 1. The molecule has 2 heterocycles. The largest absolute Gasteiger partial charge is 0.411 e. The molecule has 23 heavy (non-hydrogen) atoms. The average molecular weight is 334 g/mol. The lowest BCUT2D eigenvalue weighted by Gasteiger charge is -2.36. The minimum atomic E-state index is -1.82. The van der Waals surface area contributed by atoms with Gasteiger partial charge in [-0.2, -0.15) is 5.10 Å². The molecule has 0 amide bonds. The monoisotopic (exact) mass is 333 g/mol. The van der Waals surface area contributed by atoms with Crippen molar-refractivity contribution in [3.63, 3.8) is 0 Å². The Balaban J connectivity index is 2.24. The third-order valence-electron chi connectivity index (χ3n) is 4.49. The fourth-order valence-corrected chi connectivity index (χ4v) is 2.92. The Kier molecular flexibility index (Phi) is 5.08. The van der Waals surface area contributed by atoms with Crippen molar-refractivity contribution >= 4 is 8.32 Å². The SMILES string of the molecule is C[C@@H](O)c1nc(CO[Si](C)(C)C(C)(C)C)ccc1-n1cccn1. The van der Waals surface area contributed by atoms with Crippen molar-refractivity contribution in [1.29, 1.82) is 0 Å². The van der Waals surface area contributed by atoms with Gasteiger partial charge in [-0.1, -0.05) is 20.8 Å². The summed E-state index contributed by atoms with van der Waals surface area (Å²) in [4.78, 5) is 4.60. The van der Waals surface area contributed by atoms with Crippen molar-refractivity contribution in [2.75, 3.05) is 0 Å². The van der Waals surface area contributed by atoms with E-state index < -0.39 is 14.4 Å². The topological polar surface area (TPSA) is 60.2 Å². The highest BCUT2D eigenvalue weighted by molar-refractivity contribution is 6.74. The van der Waals surface area contributed by atoms with Gasteiger partial charge in [0.15, 0.2) is 8.32 Å². The van der Waals surface area contributed by atoms with Crippen LogP contribution in [0.4, 0.5) is 0 Å². The molecule has 2 rings (SSSR count). The summed E-state index contributed by atoms with van der Waals surface area (Å²) in [6, 6.07) is 5.72. The first-order chi connectivity index (χ1) is 10.6. The molecule has 0 radical (unpaired) electrons. The molecule has 2 aromatic heterocycles. The van der Waals surface area contributed by atoms with Gasteiger partial charge in [0.05, 0.1) is 29.8 Å². The van der Waals surface area contributed by atoms with Crippen molar-refractivity contribution < 1.29 is 9.53 Å². The van der Waals surface area contributed by atoms with Gasteiger partial charge < -0.3 is 9.53 Å². The molecule has 6 heteroatoms. The fraction of sp³-hybridized carbons (Fsp3) is 0.529. The number of hydrogen-bond acceptors (Lipinski definition) is 4. The molecule has 2 aromatic rings. The molecule has 0 fully saturated rings. The van der Waals surface area contributed by atoms with Crippen LogP contribution in [-0.4, -0.2) is 28.2 Å². The van der Waals surface area contributed by atoms with Gasteiger partial charge in [0, 0.05) is 12.4 Å². The maximum Gasteiger partial charge on any atom is 0.192 e. The van der Waals surface area contributed by atoms with Crippen molar-refractivity contribution in [3.05, 3.63) is 42.0 Å². The van der Waals surface area contributed by atoms with Crippen molar-refractivity contribution in [1.82, 2.24) is 14.8 Å². The first-order valence-corrected chi connectivity index (χ1v) is 10.8. The quantitative estimate of drug-likeness (QED) is 0.845. The number of hydrogen-bond donors (Lipinski definition) is 1. The molecular formula is C17H27N3O2Si. The number of rotatable bonds is 5. The van der Waals surface area contributed by atoms with Gasteiger partial charge in [0.2, 0.25) is 0 Å². The number of nitrogens with zero attached hydrogens (tertiary/aromatic N) is 3. The minimum absolute atomic E-state index is 0.162. The predicted octanol–water partition coefficient (Wildman–Crippen LogP) is 3.84. The molecule has 0 bridgehead atoms. The highest BCUT2D eigenvalue weighted by atomic mass is 28.4. The van der Waals surface area contributed by atoms with E-state index >= 15 is 0 Å². The predicted molar refractivity (Wildman–Crippen MR) is 94.0 cm³/mol. The molecule has 0 saturated heterocycles. The lowest BCUT2D eigenvalue weighted by molar-refractivity contribution is 0.192. The average Bonchev–Trinajstić information content (AvgIpc) is 2.97. The zero-order valence-corrected chi connectivity index (χ0v) is 15.9. The van der Waals surface area contributed by atoms with Crippen molar-refractivity contribution in [3.8, 4) is 5.69 Å². The summed E-state index contributed by atoms with van der Waals surface area (Å²) in [5.41, 5.74) is 2.24. The van der Waals surface area contributed by atoms with Crippen molar-refractivity contribution in [2.45, 2.75) is 58.5 Å². The summed E-state index contributed by atoms with van der Waals surface area (Å²) in [7, 11) is -1.82. The highest BCUT2D eigenvalue weighted by Crippen LogP contribution is 2.37. The van der Waals surface area contributed by atoms with Crippen LogP contribution in [0.5, 0.6) is 0 Å². The molecule has 0 aliphatic heterocycles. The van der Waals surface area contributed by atoms with E-state index in [0.29, 0.717) is 12.3 Å². The molecule has 1 atom stereocenters. The Hall–Kier alpha value is -1.50. The van der Waals surface area contributed by atoms with Gasteiger partial charge in [-0.25, -0.2) is 4.68 Å². The van der Waals surface area contributed by atoms with E-state index in [4.69, 9.17) is 4.43 Å². The van der Waals surface area contributed by atoms with E-state index in [0.717, 1.165) is 11.4 Å². The van der Waals surface area contributed by atoms with Crippen LogP contribution in [0, 0.1) is 0 Å². The van der Waals surface area contributed by atoms with E-state index in [1.54, 1.807) is 17.8 Å². The molecule has 1 N–H and O–H groups in total. The maximum absolute atomic E-state index is 10.0. The van der Waals surface area contributed by atoms with Crippen LogP contribution in [0.1, 0.15) is 45.2 Å². The summed E-state index contributed by atoms with van der Waals surface area (Å²) in [5, 5.41) is 14.4. The standard InChI is InChI=1S/C17H27N3O2Si/c1-13(21)16-15(20-11-7-10-18-20)9-8-14(19-16)12-22-23(5,6)17(2,3)4/h7-11,13,21H,12H2,1-6H3/t13-/m1/s1. The Bertz CT molecular complexity index is 646. The minimum Gasteiger partial charge on any atom is -0.411 e. The van der Waals surface area contributed by atoms with Gasteiger partial charge in [0.1, 0.15) is 0 Å².